The van der Waals surface area contributed by atoms with Crippen molar-refractivity contribution in [1.82, 2.24) is 16.0 Å². The summed E-state index contributed by atoms with van der Waals surface area (Å²) in [6.07, 6.45) is 3.58. The Morgan fingerprint density at radius 1 is 0.844 bits per heavy atom. The largest absolute Gasteiger partial charge is 0.511 e. The summed E-state index contributed by atoms with van der Waals surface area (Å²) in [5, 5.41) is 17.8. The number of aliphatic hydroxyl groups is 1. The van der Waals surface area contributed by atoms with Crippen LogP contribution < -0.4 is 16.0 Å². The van der Waals surface area contributed by atoms with Gasteiger partial charge in [-0.2, -0.15) is 0 Å². The second-order valence-corrected chi connectivity index (χ2v) is 7.17. The van der Waals surface area contributed by atoms with Gasteiger partial charge in [0.25, 0.3) is 0 Å². The van der Waals surface area contributed by atoms with Crippen LogP contribution in [-0.2, 0) is 28.5 Å². The minimum atomic E-state index is -0.277. The highest BCUT2D eigenvalue weighted by atomic mass is 16.5. The van der Waals surface area contributed by atoms with Crippen LogP contribution in [0.1, 0.15) is 39.0 Å². The summed E-state index contributed by atoms with van der Waals surface area (Å²) >= 11 is 0. The lowest BCUT2D eigenvalue weighted by molar-refractivity contribution is -0.126. The zero-order chi connectivity index (χ0) is 23.9. The van der Waals surface area contributed by atoms with Crippen LogP contribution in [0, 0.1) is 0 Å². The van der Waals surface area contributed by atoms with Gasteiger partial charge in [-0.25, -0.2) is 0 Å². The Labute approximate surface area is 192 Å². The smallest absolute Gasteiger partial charge is 0.245 e. The molecule has 0 aliphatic carbocycles. The van der Waals surface area contributed by atoms with E-state index in [0.717, 1.165) is 19.3 Å². The molecule has 0 aliphatic heterocycles. The van der Waals surface area contributed by atoms with E-state index in [-0.39, 0.29) is 30.2 Å². The van der Waals surface area contributed by atoms with E-state index in [4.69, 9.17) is 18.9 Å². The first-order valence-corrected chi connectivity index (χ1v) is 11.4. The van der Waals surface area contributed by atoms with Gasteiger partial charge in [0, 0.05) is 32.7 Å². The van der Waals surface area contributed by atoms with Crippen LogP contribution in [0.2, 0.25) is 0 Å². The minimum absolute atomic E-state index is 0.0307. The zero-order valence-electron chi connectivity index (χ0n) is 19.8. The number of rotatable bonds is 23. The van der Waals surface area contributed by atoms with E-state index >= 15 is 0 Å². The molecule has 10 nitrogen and oxygen atoms in total. The SMILES string of the molecule is C=C(O)C(CCC(=O)NCCOCCOCCCOCCOCC(=O)NCCCC)NC. The van der Waals surface area contributed by atoms with Gasteiger partial charge in [-0.05, 0) is 26.3 Å². The van der Waals surface area contributed by atoms with Gasteiger partial charge < -0.3 is 40.0 Å². The van der Waals surface area contributed by atoms with Gasteiger partial charge in [0.2, 0.25) is 11.8 Å². The molecule has 0 spiro atoms. The van der Waals surface area contributed by atoms with Crippen LogP contribution in [-0.4, -0.2) is 96.0 Å². The minimum Gasteiger partial charge on any atom is -0.511 e. The van der Waals surface area contributed by atoms with Gasteiger partial charge in [0.15, 0.2) is 0 Å². The van der Waals surface area contributed by atoms with Crippen molar-refractivity contribution in [2.45, 2.75) is 45.1 Å². The number of nitrogens with one attached hydrogen (secondary N) is 3. The molecule has 0 aliphatic rings. The summed E-state index contributed by atoms with van der Waals surface area (Å²) in [7, 11) is 1.71. The molecule has 32 heavy (non-hydrogen) atoms. The van der Waals surface area contributed by atoms with E-state index in [0.29, 0.717) is 72.2 Å². The van der Waals surface area contributed by atoms with Crippen molar-refractivity contribution in [2.75, 3.05) is 73.0 Å². The predicted octanol–water partition coefficient (Wildman–Crippen LogP) is 0.915. The lowest BCUT2D eigenvalue weighted by atomic mass is 10.1. The number of amides is 2. The van der Waals surface area contributed by atoms with Crippen LogP contribution in [0.3, 0.4) is 0 Å². The first-order valence-electron chi connectivity index (χ1n) is 11.4. The Hall–Kier alpha value is -1.72. The van der Waals surface area contributed by atoms with Crippen molar-refractivity contribution < 1.29 is 33.6 Å². The topological polar surface area (TPSA) is 127 Å². The Morgan fingerprint density at radius 2 is 1.44 bits per heavy atom. The fourth-order valence-electron chi connectivity index (χ4n) is 2.53. The molecule has 0 rings (SSSR count). The zero-order valence-corrected chi connectivity index (χ0v) is 19.8. The number of unbranched alkanes of at least 4 members (excludes halogenated alkanes) is 1. The Bertz CT molecular complexity index is 492. The molecule has 0 radical (unpaired) electrons. The molecule has 0 saturated carbocycles. The third-order valence-corrected chi connectivity index (χ3v) is 4.39. The number of ether oxygens (including phenoxy) is 4. The van der Waals surface area contributed by atoms with E-state index < -0.39 is 0 Å². The van der Waals surface area contributed by atoms with E-state index in [1.165, 1.54) is 0 Å². The molecule has 2 amide bonds. The van der Waals surface area contributed by atoms with Crippen molar-refractivity contribution in [2.24, 2.45) is 0 Å². The fraction of sp³-hybridized carbons (Fsp3) is 0.818. The van der Waals surface area contributed by atoms with Crippen LogP contribution in [0.15, 0.2) is 12.3 Å². The number of hydrogen-bond acceptors (Lipinski definition) is 8. The van der Waals surface area contributed by atoms with Crippen molar-refractivity contribution in [3.05, 3.63) is 12.3 Å². The molecule has 0 heterocycles. The monoisotopic (exact) mass is 461 g/mol. The van der Waals surface area contributed by atoms with Crippen molar-refractivity contribution in [3.8, 4) is 0 Å². The van der Waals surface area contributed by atoms with Gasteiger partial charge in [0.1, 0.15) is 12.4 Å². The summed E-state index contributed by atoms with van der Waals surface area (Å²) in [5.74, 6) is -0.154. The maximum Gasteiger partial charge on any atom is 0.245 e. The van der Waals surface area contributed by atoms with Crippen molar-refractivity contribution >= 4 is 11.8 Å². The molecule has 0 saturated heterocycles. The average Bonchev–Trinajstić information content (AvgIpc) is 2.76. The molecule has 0 fully saturated rings. The highest BCUT2D eigenvalue weighted by molar-refractivity contribution is 5.77. The summed E-state index contributed by atoms with van der Waals surface area (Å²) in [6.45, 7) is 10.1. The Balaban J connectivity index is 3.29. The summed E-state index contributed by atoms with van der Waals surface area (Å²) in [4.78, 5) is 23.1. The number of carbonyl (C=O) groups excluding carboxylic acids is 2. The fourth-order valence-corrected chi connectivity index (χ4v) is 2.53. The number of carbonyl (C=O) groups is 2. The first-order chi connectivity index (χ1) is 15.5. The molecular formula is C22H43N3O7. The molecule has 0 aromatic rings. The van der Waals surface area contributed by atoms with Crippen molar-refractivity contribution in [3.63, 3.8) is 0 Å². The number of aliphatic hydroxyl groups excluding tert-OH is 1. The van der Waals surface area contributed by atoms with E-state index in [1.54, 1.807) is 7.05 Å². The molecule has 0 aromatic heterocycles. The van der Waals surface area contributed by atoms with Gasteiger partial charge in [-0.15, -0.1) is 0 Å². The first kappa shape index (κ1) is 30.3. The quantitative estimate of drug-likeness (QED) is 0.131. The second-order valence-electron chi connectivity index (χ2n) is 7.17. The second kappa shape index (κ2) is 22.5. The van der Waals surface area contributed by atoms with E-state index in [2.05, 4.69) is 29.5 Å². The molecule has 0 aromatic carbocycles. The van der Waals surface area contributed by atoms with Crippen LogP contribution in [0.4, 0.5) is 0 Å². The molecule has 1 atom stereocenters. The van der Waals surface area contributed by atoms with Gasteiger partial charge >= 0.3 is 0 Å². The van der Waals surface area contributed by atoms with Gasteiger partial charge in [-0.3, -0.25) is 9.59 Å². The highest BCUT2D eigenvalue weighted by Gasteiger charge is 2.11. The van der Waals surface area contributed by atoms with Gasteiger partial charge in [0.05, 0.1) is 39.1 Å². The lowest BCUT2D eigenvalue weighted by Gasteiger charge is -2.14. The third-order valence-electron chi connectivity index (χ3n) is 4.39. The predicted molar refractivity (Wildman–Crippen MR) is 123 cm³/mol. The van der Waals surface area contributed by atoms with E-state index in [1.807, 2.05) is 0 Å². The Morgan fingerprint density at radius 3 is 2.03 bits per heavy atom. The molecule has 188 valence electrons. The molecule has 1 unspecified atom stereocenters. The van der Waals surface area contributed by atoms with Crippen molar-refractivity contribution in [1.29, 1.82) is 0 Å². The molecular weight excluding hydrogens is 418 g/mol. The summed E-state index contributed by atoms with van der Waals surface area (Å²) in [5.41, 5.74) is 0. The summed E-state index contributed by atoms with van der Waals surface area (Å²) in [6, 6.07) is -0.277. The number of hydrogen-bond donors (Lipinski definition) is 4. The molecule has 10 heteroatoms. The van der Waals surface area contributed by atoms with E-state index in [9.17, 15) is 14.7 Å². The molecule has 4 N–H and O–H groups in total. The highest BCUT2D eigenvalue weighted by Crippen LogP contribution is 2.03. The summed E-state index contributed by atoms with van der Waals surface area (Å²) < 4.78 is 21.5. The van der Waals surface area contributed by atoms with Crippen LogP contribution in [0.5, 0.6) is 0 Å². The van der Waals surface area contributed by atoms with Gasteiger partial charge in [-0.1, -0.05) is 19.9 Å². The molecule has 0 bridgehead atoms. The number of likely N-dealkylation sites (N-methyl/N-ethyl adjacent to an activating group) is 1. The normalized spacial score (nSPS) is 11.8. The Kier molecular flexibility index (Phi) is 21.3. The lowest BCUT2D eigenvalue weighted by Crippen LogP contribution is -2.32. The third kappa shape index (κ3) is 20.2. The van der Waals surface area contributed by atoms with Crippen LogP contribution >= 0.6 is 0 Å². The average molecular weight is 462 g/mol. The van der Waals surface area contributed by atoms with Crippen LogP contribution in [0.25, 0.3) is 0 Å². The standard InChI is InChI=1S/C22H43N3O7/c1-4-5-9-24-22(28)18-32-17-16-30-12-6-11-29-14-15-31-13-10-25-21(27)8-7-20(23-3)19(2)26/h20,23,26H,2,4-18H2,1,3H3,(H,24,28)(H,25,27). The maximum absolute atomic E-state index is 11.7. The maximum atomic E-state index is 11.7.